The summed E-state index contributed by atoms with van der Waals surface area (Å²) in [6.45, 7) is 0.717. The molecule has 2 N–H and O–H groups in total. The Hall–Kier alpha value is -1.84. The van der Waals surface area contributed by atoms with Crippen molar-refractivity contribution in [3.8, 4) is 0 Å². The van der Waals surface area contributed by atoms with E-state index in [1.54, 1.807) is 0 Å². The van der Waals surface area contributed by atoms with Crippen LogP contribution in [-0.4, -0.2) is 22.6 Å². The van der Waals surface area contributed by atoms with Crippen LogP contribution in [0.25, 0.3) is 10.9 Å². The zero-order chi connectivity index (χ0) is 13.1. The van der Waals surface area contributed by atoms with E-state index < -0.39 is 0 Å². The second-order valence-electron chi connectivity index (χ2n) is 5.31. The van der Waals surface area contributed by atoms with Crippen molar-refractivity contribution in [3.63, 3.8) is 0 Å². The first kappa shape index (κ1) is 12.2. The van der Waals surface area contributed by atoms with Gasteiger partial charge in [-0.1, -0.05) is 25.0 Å². The van der Waals surface area contributed by atoms with Gasteiger partial charge in [-0.2, -0.15) is 5.10 Å². The van der Waals surface area contributed by atoms with E-state index in [1.807, 2.05) is 6.20 Å². The van der Waals surface area contributed by atoms with Crippen molar-refractivity contribution in [3.05, 3.63) is 30.0 Å². The van der Waals surface area contributed by atoms with Crippen LogP contribution in [0.15, 0.2) is 24.4 Å². The Labute approximate surface area is 112 Å². The summed E-state index contributed by atoms with van der Waals surface area (Å²) in [6.07, 6.45) is 7.22. The molecular formula is C15H19N3O. The number of nitrogens with zero attached hydrogens (tertiary/aromatic N) is 1. The molecule has 19 heavy (non-hydrogen) atoms. The lowest BCUT2D eigenvalue weighted by atomic mass is 10.1. The Bertz CT molecular complexity index is 570. The van der Waals surface area contributed by atoms with Crippen molar-refractivity contribution in [2.45, 2.75) is 32.1 Å². The minimum Gasteiger partial charge on any atom is -0.356 e. The first-order valence-electron chi connectivity index (χ1n) is 7.02. The average Bonchev–Trinajstić information content (AvgIpc) is 3.09. The molecule has 0 radical (unpaired) electrons. The van der Waals surface area contributed by atoms with Gasteiger partial charge in [0.2, 0.25) is 5.91 Å². The topological polar surface area (TPSA) is 57.8 Å². The molecule has 0 unspecified atom stereocenters. The van der Waals surface area contributed by atoms with Crippen LogP contribution in [-0.2, 0) is 11.2 Å². The van der Waals surface area contributed by atoms with E-state index >= 15 is 0 Å². The highest BCUT2D eigenvalue weighted by atomic mass is 16.1. The number of hydrogen-bond acceptors (Lipinski definition) is 2. The lowest BCUT2D eigenvalue weighted by Gasteiger charge is -2.10. The maximum absolute atomic E-state index is 11.9. The monoisotopic (exact) mass is 257 g/mol. The standard InChI is InChI=1S/C15H19N3O/c19-15(12-3-1-2-4-12)16-8-7-11-5-6-13-10-17-18-14(13)9-11/h5-6,9-10,12H,1-4,7-8H2,(H,16,19)(H,17,18). The second-order valence-corrected chi connectivity index (χ2v) is 5.31. The molecule has 4 heteroatoms. The van der Waals surface area contributed by atoms with E-state index in [9.17, 15) is 4.79 Å². The normalized spacial score (nSPS) is 16.0. The summed E-state index contributed by atoms with van der Waals surface area (Å²) in [6, 6.07) is 6.26. The molecule has 0 aliphatic heterocycles. The summed E-state index contributed by atoms with van der Waals surface area (Å²) in [5, 5.41) is 11.1. The molecule has 1 aliphatic carbocycles. The summed E-state index contributed by atoms with van der Waals surface area (Å²) >= 11 is 0. The van der Waals surface area contributed by atoms with Crippen LogP contribution in [0, 0.1) is 5.92 Å². The van der Waals surface area contributed by atoms with Gasteiger partial charge in [-0.3, -0.25) is 9.89 Å². The average molecular weight is 257 g/mol. The molecular weight excluding hydrogens is 238 g/mol. The highest BCUT2D eigenvalue weighted by Crippen LogP contribution is 2.24. The molecule has 0 atom stereocenters. The Balaban J connectivity index is 1.52. The van der Waals surface area contributed by atoms with E-state index in [0.29, 0.717) is 0 Å². The molecule has 100 valence electrons. The van der Waals surface area contributed by atoms with E-state index in [0.717, 1.165) is 36.7 Å². The molecule has 0 bridgehead atoms. The number of nitrogens with one attached hydrogen (secondary N) is 2. The third-order valence-electron chi connectivity index (χ3n) is 3.95. The van der Waals surface area contributed by atoms with Gasteiger partial charge in [0.1, 0.15) is 0 Å². The third kappa shape index (κ3) is 2.78. The SMILES string of the molecule is O=C(NCCc1ccc2cn[nH]c2c1)C1CCCC1. The molecule has 4 nitrogen and oxygen atoms in total. The van der Waals surface area contributed by atoms with Crippen LogP contribution in [0.3, 0.4) is 0 Å². The van der Waals surface area contributed by atoms with E-state index in [1.165, 1.54) is 18.4 Å². The summed E-state index contributed by atoms with van der Waals surface area (Å²) in [5.41, 5.74) is 2.28. The molecule has 1 fully saturated rings. The van der Waals surface area contributed by atoms with Crippen LogP contribution >= 0.6 is 0 Å². The molecule has 1 heterocycles. The number of amides is 1. The van der Waals surface area contributed by atoms with Crippen LogP contribution in [0.2, 0.25) is 0 Å². The smallest absolute Gasteiger partial charge is 0.223 e. The minimum atomic E-state index is 0.236. The van der Waals surface area contributed by atoms with Crippen molar-refractivity contribution in [1.82, 2.24) is 15.5 Å². The van der Waals surface area contributed by atoms with Gasteiger partial charge < -0.3 is 5.32 Å². The lowest BCUT2D eigenvalue weighted by Crippen LogP contribution is -2.30. The molecule has 0 saturated heterocycles. The predicted octanol–water partition coefficient (Wildman–Crippen LogP) is 2.41. The van der Waals surface area contributed by atoms with Gasteiger partial charge in [-0.15, -0.1) is 0 Å². The van der Waals surface area contributed by atoms with E-state index in [2.05, 4.69) is 33.7 Å². The number of carbonyl (C=O) groups is 1. The number of H-pyrrole nitrogens is 1. The molecule has 0 spiro atoms. The maximum atomic E-state index is 11.9. The highest BCUT2D eigenvalue weighted by Gasteiger charge is 2.21. The fourth-order valence-electron chi connectivity index (χ4n) is 2.80. The highest BCUT2D eigenvalue weighted by molar-refractivity contribution is 5.79. The first-order chi connectivity index (χ1) is 9.33. The van der Waals surface area contributed by atoms with Gasteiger partial charge in [-0.05, 0) is 30.9 Å². The fourth-order valence-corrected chi connectivity index (χ4v) is 2.80. The number of fused-ring (bicyclic) bond motifs is 1. The number of rotatable bonds is 4. The van der Waals surface area contributed by atoms with Gasteiger partial charge in [0, 0.05) is 17.8 Å². The first-order valence-corrected chi connectivity index (χ1v) is 7.02. The Morgan fingerprint density at radius 2 is 2.21 bits per heavy atom. The van der Waals surface area contributed by atoms with Gasteiger partial charge in [0.15, 0.2) is 0 Å². The Kier molecular flexibility index (Phi) is 3.49. The molecule has 3 rings (SSSR count). The molecule has 1 amide bonds. The van der Waals surface area contributed by atoms with Crippen LogP contribution in [0.1, 0.15) is 31.2 Å². The van der Waals surface area contributed by atoms with Crippen LogP contribution in [0.4, 0.5) is 0 Å². The van der Waals surface area contributed by atoms with Gasteiger partial charge >= 0.3 is 0 Å². The largest absolute Gasteiger partial charge is 0.356 e. The zero-order valence-electron chi connectivity index (χ0n) is 11.0. The quantitative estimate of drug-likeness (QED) is 0.883. The van der Waals surface area contributed by atoms with Crippen molar-refractivity contribution >= 4 is 16.8 Å². The zero-order valence-corrected chi connectivity index (χ0v) is 11.0. The number of hydrogen-bond donors (Lipinski definition) is 2. The number of benzene rings is 1. The predicted molar refractivity (Wildman–Crippen MR) is 74.8 cm³/mol. The molecule has 2 aromatic rings. The van der Waals surface area contributed by atoms with Gasteiger partial charge in [0.05, 0.1) is 11.7 Å². The summed E-state index contributed by atoms with van der Waals surface area (Å²) in [7, 11) is 0. The fraction of sp³-hybridized carbons (Fsp3) is 0.467. The molecule has 1 aromatic heterocycles. The Morgan fingerprint density at radius 3 is 3.05 bits per heavy atom. The lowest BCUT2D eigenvalue weighted by molar-refractivity contribution is -0.124. The van der Waals surface area contributed by atoms with E-state index in [4.69, 9.17) is 0 Å². The van der Waals surface area contributed by atoms with Gasteiger partial charge in [0.25, 0.3) is 0 Å². The summed E-state index contributed by atoms with van der Waals surface area (Å²) in [5.74, 6) is 0.496. The molecule has 1 aromatic carbocycles. The molecule has 1 aliphatic rings. The number of aromatic amines is 1. The third-order valence-corrected chi connectivity index (χ3v) is 3.95. The maximum Gasteiger partial charge on any atom is 0.223 e. The van der Waals surface area contributed by atoms with Gasteiger partial charge in [-0.25, -0.2) is 0 Å². The summed E-state index contributed by atoms with van der Waals surface area (Å²) < 4.78 is 0. The number of carbonyl (C=O) groups excluding carboxylic acids is 1. The minimum absolute atomic E-state index is 0.236. The van der Waals surface area contributed by atoms with Crippen molar-refractivity contribution in [2.75, 3.05) is 6.54 Å². The summed E-state index contributed by atoms with van der Waals surface area (Å²) in [4.78, 5) is 11.9. The van der Waals surface area contributed by atoms with Crippen molar-refractivity contribution in [2.24, 2.45) is 5.92 Å². The van der Waals surface area contributed by atoms with Crippen molar-refractivity contribution in [1.29, 1.82) is 0 Å². The van der Waals surface area contributed by atoms with E-state index in [-0.39, 0.29) is 11.8 Å². The number of aromatic nitrogens is 2. The second kappa shape index (κ2) is 5.43. The van der Waals surface area contributed by atoms with Crippen molar-refractivity contribution < 1.29 is 4.79 Å². The van der Waals surface area contributed by atoms with Crippen LogP contribution < -0.4 is 5.32 Å². The molecule has 1 saturated carbocycles. The van der Waals surface area contributed by atoms with Crippen LogP contribution in [0.5, 0.6) is 0 Å². The Morgan fingerprint density at radius 1 is 1.37 bits per heavy atom.